The van der Waals surface area contributed by atoms with Crippen molar-refractivity contribution in [1.82, 2.24) is 4.90 Å². The molecule has 1 saturated heterocycles. The van der Waals surface area contributed by atoms with Gasteiger partial charge in [-0.2, -0.15) is 0 Å². The lowest BCUT2D eigenvalue weighted by Gasteiger charge is -2.26. The van der Waals surface area contributed by atoms with Gasteiger partial charge in [0.15, 0.2) is 0 Å². The minimum atomic E-state index is -0.0736. The number of carbonyl (C=O) groups excluding carboxylic acids is 1. The first-order valence-corrected chi connectivity index (χ1v) is 10.5. The summed E-state index contributed by atoms with van der Waals surface area (Å²) in [5, 5.41) is 6.15. The summed E-state index contributed by atoms with van der Waals surface area (Å²) in [5.74, 6) is 0.803. The summed E-state index contributed by atoms with van der Waals surface area (Å²) < 4.78 is 5.88. The maximum atomic E-state index is 12.3. The van der Waals surface area contributed by atoms with Crippen LogP contribution in [-0.2, 0) is 4.79 Å². The fourth-order valence-corrected chi connectivity index (χ4v) is 4.03. The van der Waals surface area contributed by atoms with Crippen LogP contribution in [0, 0.1) is 6.92 Å². The number of benzene rings is 2. The van der Waals surface area contributed by atoms with Crippen molar-refractivity contribution in [1.29, 1.82) is 0 Å². The van der Waals surface area contributed by atoms with Crippen LogP contribution in [0.2, 0.25) is 0 Å². The zero-order valence-electron chi connectivity index (χ0n) is 17.0. The van der Waals surface area contributed by atoms with Gasteiger partial charge < -0.3 is 20.3 Å². The monoisotopic (exact) mass is 391 g/mol. The molecule has 0 bridgehead atoms. The van der Waals surface area contributed by atoms with Crippen LogP contribution in [0.3, 0.4) is 0 Å². The van der Waals surface area contributed by atoms with Gasteiger partial charge in [-0.15, -0.1) is 0 Å². The van der Waals surface area contributed by atoms with E-state index in [4.69, 9.17) is 4.74 Å². The van der Waals surface area contributed by atoms with Gasteiger partial charge in [-0.3, -0.25) is 4.79 Å². The number of nitrogens with one attached hydrogen (secondary N) is 2. The van der Waals surface area contributed by atoms with Gasteiger partial charge in [-0.25, -0.2) is 0 Å². The molecule has 152 valence electrons. The SMILES string of the molecule is Cc1cccc2c1/C(=C\Nc1ccc(OCCCN3CCCCC3)cc1)C(=O)N2. The largest absolute Gasteiger partial charge is 0.494 e. The van der Waals surface area contributed by atoms with E-state index in [0.717, 1.165) is 47.8 Å². The number of nitrogens with zero attached hydrogens (tertiary/aromatic N) is 1. The number of rotatable bonds is 7. The molecule has 0 aromatic heterocycles. The van der Waals surface area contributed by atoms with Crippen molar-refractivity contribution in [2.45, 2.75) is 32.6 Å². The fourth-order valence-electron chi connectivity index (χ4n) is 4.03. The van der Waals surface area contributed by atoms with E-state index in [1.165, 1.54) is 32.4 Å². The number of likely N-dealkylation sites (tertiary alicyclic amines) is 1. The van der Waals surface area contributed by atoms with Gasteiger partial charge in [0.05, 0.1) is 12.2 Å². The Morgan fingerprint density at radius 3 is 2.69 bits per heavy atom. The standard InChI is InChI=1S/C24H29N3O2/c1-18-7-5-8-22-23(18)21(24(28)26-22)17-25-19-9-11-20(12-10-19)29-16-6-15-27-13-3-2-4-14-27/h5,7-12,17,25H,2-4,6,13-16H2,1H3,(H,26,28)/b21-17+. The molecule has 2 aromatic carbocycles. The summed E-state index contributed by atoms with van der Waals surface area (Å²) in [4.78, 5) is 14.8. The summed E-state index contributed by atoms with van der Waals surface area (Å²) in [7, 11) is 0. The van der Waals surface area contributed by atoms with Crippen LogP contribution in [0.5, 0.6) is 5.75 Å². The lowest BCUT2D eigenvalue weighted by atomic mass is 10.0. The van der Waals surface area contributed by atoms with Gasteiger partial charge >= 0.3 is 0 Å². The smallest absolute Gasteiger partial charge is 0.257 e. The van der Waals surface area contributed by atoms with Gasteiger partial charge in [0.1, 0.15) is 5.75 Å². The maximum Gasteiger partial charge on any atom is 0.257 e. The lowest BCUT2D eigenvalue weighted by molar-refractivity contribution is -0.110. The van der Waals surface area contributed by atoms with Crippen molar-refractivity contribution in [2.24, 2.45) is 0 Å². The van der Waals surface area contributed by atoms with Crippen LogP contribution >= 0.6 is 0 Å². The molecular weight excluding hydrogens is 362 g/mol. The summed E-state index contributed by atoms with van der Waals surface area (Å²) in [6.45, 7) is 6.35. The number of aryl methyl sites for hydroxylation is 1. The van der Waals surface area contributed by atoms with Crippen LogP contribution in [-0.4, -0.2) is 37.0 Å². The van der Waals surface area contributed by atoms with E-state index in [0.29, 0.717) is 5.57 Å². The predicted molar refractivity (Wildman–Crippen MR) is 118 cm³/mol. The van der Waals surface area contributed by atoms with E-state index >= 15 is 0 Å². The van der Waals surface area contributed by atoms with E-state index in [2.05, 4.69) is 15.5 Å². The topological polar surface area (TPSA) is 53.6 Å². The Balaban J connectivity index is 1.29. The molecule has 2 aromatic rings. The number of hydrogen-bond donors (Lipinski definition) is 2. The molecule has 2 heterocycles. The Morgan fingerprint density at radius 1 is 1.10 bits per heavy atom. The molecular formula is C24H29N3O2. The van der Waals surface area contributed by atoms with Crippen molar-refractivity contribution in [3.63, 3.8) is 0 Å². The van der Waals surface area contributed by atoms with E-state index in [1.54, 1.807) is 6.20 Å². The van der Waals surface area contributed by atoms with Crippen molar-refractivity contribution < 1.29 is 9.53 Å². The first-order valence-electron chi connectivity index (χ1n) is 10.5. The number of fused-ring (bicyclic) bond motifs is 1. The fraction of sp³-hybridized carbons (Fsp3) is 0.375. The Kier molecular flexibility index (Phi) is 6.15. The summed E-state index contributed by atoms with van der Waals surface area (Å²) in [5.41, 5.74) is 4.52. The Labute approximate surface area is 172 Å². The van der Waals surface area contributed by atoms with Crippen molar-refractivity contribution in [2.75, 3.05) is 36.9 Å². The van der Waals surface area contributed by atoms with Gasteiger partial charge in [0, 0.05) is 29.7 Å². The quantitative estimate of drug-likeness (QED) is 0.533. The molecule has 4 rings (SSSR count). The molecule has 5 heteroatoms. The Morgan fingerprint density at radius 2 is 1.90 bits per heavy atom. The third-order valence-corrected chi connectivity index (χ3v) is 5.61. The van der Waals surface area contributed by atoms with Gasteiger partial charge in [0.25, 0.3) is 5.91 Å². The average molecular weight is 392 g/mol. The molecule has 0 radical (unpaired) electrons. The Hall–Kier alpha value is -2.79. The molecule has 0 spiro atoms. The number of hydrogen-bond acceptors (Lipinski definition) is 4. The van der Waals surface area contributed by atoms with Crippen LogP contribution in [0.1, 0.15) is 36.8 Å². The highest BCUT2D eigenvalue weighted by Crippen LogP contribution is 2.34. The molecule has 29 heavy (non-hydrogen) atoms. The zero-order valence-corrected chi connectivity index (χ0v) is 17.0. The molecule has 0 aliphatic carbocycles. The van der Waals surface area contributed by atoms with E-state index in [9.17, 15) is 4.79 Å². The van der Waals surface area contributed by atoms with Crippen LogP contribution in [0.4, 0.5) is 11.4 Å². The highest BCUT2D eigenvalue weighted by molar-refractivity contribution is 6.32. The number of anilines is 2. The third kappa shape index (κ3) is 4.80. The molecule has 2 aliphatic heterocycles. The van der Waals surface area contributed by atoms with Crippen LogP contribution < -0.4 is 15.4 Å². The average Bonchev–Trinajstić information content (AvgIpc) is 3.07. The van der Waals surface area contributed by atoms with Crippen LogP contribution in [0.15, 0.2) is 48.7 Å². The van der Waals surface area contributed by atoms with Crippen LogP contribution in [0.25, 0.3) is 5.57 Å². The minimum absolute atomic E-state index is 0.0736. The molecule has 0 unspecified atom stereocenters. The molecule has 0 saturated carbocycles. The highest BCUT2D eigenvalue weighted by atomic mass is 16.5. The highest BCUT2D eigenvalue weighted by Gasteiger charge is 2.25. The molecule has 1 amide bonds. The number of amides is 1. The number of carbonyl (C=O) groups is 1. The van der Waals surface area contributed by atoms with Gasteiger partial charge in [-0.05, 0) is 75.2 Å². The second-order valence-electron chi connectivity index (χ2n) is 7.78. The zero-order chi connectivity index (χ0) is 20.1. The van der Waals surface area contributed by atoms with Crippen molar-refractivity contribution in [3.05, 3.63) is 59.8 Å². The molecule has 2 aliphatic rings. The first kappa shape index (κ1) is 19.5. The third-order valence-electron chi connectivity index (χ3n) is 5.61. The summed E-state index contributed by atoms with van der Waals surface area (Å²) in [6.07, 6.45) is 6.88. The number of ether oxygens (including phenoxy) is 1. The van der Waals surface area contributed by atoms with Crippen molar-refractivity contribution >= 4 is 22.9 Å². The number of piperidine rings is 1. The summed E-state index contributed by atoms with van der Waals surface area (Å²) in [6, 6.07) is 13.8. The molecule has 5 nitrogen and oxygen atoms in total. The molecule has 1 fully saturated rings. The molecule has 2 N–H and O–H groups in total. The Bertz CT molecular complexity index is 883. The van der Waals surface area contributed by atoms with E-state index < -0.39 is 0 Å². The second kappa shape index (κ2) is 9.14. The maximum absolute atomic E-state index is 12.3. The lowest BCUT2D eigenvalue weighted by Crippen LogP contribution is -2.31. The van der Waals surface area contributed by atoms with E-state index in [1.807, 2.05) is 49.4 Å². The predicted octanol–water partition coefficient (Wildman–Crippen LogP) is 4.65. The normalized spacial score (nSPS) is 17.8. The second-order valence-corrected chi connectivity index (χ2v) is 7.78. The minimum Gasteiger partial charge on any atom is -0.494 e. The summed E-state index contributed by atoms with van der Waals surface area (Å²) >= 11 is 0. The first-order chi connectivity index (χ1) is 14.2. The molecule has 0 atom stereocenters. The van der Waals surface area contributed by atoms with E-state index in [-0.39, 0.29) is 5.91 Å². The van der Waals surface area contributed by atoms with Crippen molar-refractivity contribution in [3.8, 4) is 5.75 Å². The van der Waals surface area contributed by atoms with Gasteiger partial charge in [-0.1, -0.05) is 18.6 Å². The van der Waals surface area contributed by atoms with Gasteiger partial charge in [0.2, 0.25) is 0 Å².